The predicted octanol–water partition coefficient (Wildman–Crippen LogP) is 2.80. The number of nitrogens with zero attached hydrogens (tertiary/aromatic N) is 1. The van der Waals surface area contributed by atoms with E-state index in [0.717, 1.165) is 11.8 Å². The van der Waals surface area contributed by atoms with Crippen molar-refractivity contribution in [2.75, 3.05) is 0 Å². The fourth-order valence-corrected chi connectivity index (χ4v) is 1.79. The Hall–Kier alpha value is -1.56. The van der Waals surface area contributed by atoms with E-state index in [2.05, 4.69) is 5.32 Å². The van der Waals surface area contributed by atoms with Gasteiger partial charge in [-0.1, -0.05) is 0 Å². The zero-order valence-electron chi connectivity index (χ0n) is 8.97. The van der Waals surface area contributed by atoms with Crippen molar-refractivity contribution in [2.45, 2.75) is 24.8 Å². The smallest absolute Gasteiger partial charge is 0.284 e. The molecule has 0 radical (unpaired) electrons. The topological polar surface area (TPSA) is 72.2 Å². The van der Waals surface area contributed by atoms with E-state index in [4.69, 9.17) is 0 Å². The second kappa shape index (κ2) is 5.50. The minimum absolute atomic E-state index is 0.0219. The van der Waals surface area contributed by atoms with Gasteiger partial charge in [-0.3, -0.25) is 14.9 Å². The summed E-state index contributed by atoms with van der Waals surface area (Å²) < 4.78 is 0. The minimum atomic E-state index is -0.470. The van der Waals surface area contributed by atoms with Gasteiger partial charge >= 0.3 is 0 Å². The molecule has 1 aromatic carbocycles. The van der Waals surface area contributed by atoms with Crippen LogP contribution < -0.4 is 5.32 Å². The van der Waals surface area contributed by atoms with Gasteiger partial charge in [0.05, 0.1) is 4.92 Å². The monoisotopic (exact) mass is 240 g/mol. The third-order valence-electron chi connectivity index (χ3n) is 1.66. The maximum atomic E-state index is 11.4. The Morgan fingerprint density at radius 3 is 2.38 bits per heavy atom. The van der Waals surface area contributed by atoms with Crippen molar-refractivity contribution in [1.82, 2.24) is 5.32 Å². The summed E-state index contributed by atoms with van der Waals surface area (Å²) in [5.41, 5.74) is 0.0219. The van der Waals surface area contributed by atoms with E-state index in [-0.39, 0.29) is 17.0 Å². The Labute approximate surface area is 97.4 Å². The Morgan fingerprint density at radius 2 is 1.94 bits per heavy atom. The molecule has 86 valence electrons. The van der Waals surface area contributed by atoms with Crippen LogP contribution in [0.5, 0.6) is 0 Å². The summed E-state index contributed by atoms with van der Waals surface area (Å²) in [5, 5.41) is 13.0. The molecule has 0 aliphatic heterocycles. The van der Waals surface area contributed by atoms with Crippen LogP contribution in [-0.2, 0) is 0 Å². The second-order valence-electron chi connectivity index (χ2n) is 3.44. The number of thioether (sulfide) groups is 1. The Kier molecular flexibility index (Phi) is 4.30. The van der Waals surface area contributed by atoms with Crippen LogP contribution in [0.1, 0.15) is 13.8 Å². The number of carbonyl (C=O) groups is 1. The van der Waals surface area contributed by atoms with E-state index in [1.807, 2.05) is 13.8 Å². The molecule has 0 unspecified atom stereocenters. The molecule has 16 heavy (non-hydrogen) atoms. The van der Waals surface area contributed by atoms with Crippen molar-refractivity contribution in [3.05, 3.63) is 34.4 Å². The van der Waals surface area contributed by atoms with Crippen LogP contribution in [0.4, 0.5) is 10.5 Å². The minimum Gasteiger partial charge on any atom is -0.345 e. The number of non-ortho nitro benzene ring substituents is 1. The van der Waals surface area contributed by atoms with Gasteiger partial charge in [0.2, 0.25) is 0 Å². The molecule has 0 spiro atoms. The highest BCUT2D eigenvalue weighted by molar-refractivity contribution is 8.13. The molecule has 1 amide bonds. The van der Waals surface area contributed by atoms with Crippen molar-refractivity contribution >= 4 is 22.7 Å². The predicted molar refractivity (Wildman–Crippen MR) is 62.6 cm³/mol. The molecule has 0 aliphatic carbocycles. The number of nitro groups is 1. The molecule has 0 atom stereocenters. The van der Waals surface area contributed by atoms with Gasteiger partial charge in [0.25, 0.3) is 10.9 Å². The highest BCUT2D eigenvalue weighted by atomic mass is 32.2. The lowest BCUT2D eigenvalue weighted by atomic mass is 10.3. The van der Waals surface area contributed by atoms with Crippen LogP contribution >= 0.6 is 11.8 Å². The SMILES string of the molecule is CC(C)NC(=O)Sc1ccc([N+](=O)[O-])cc1. The van der Waals surface area contributed by atoms with E-state index < -0.39 is 4.92 Å². The van der Waals surface area contributed by atoms with Crippen molar-refractivity contribution in [3.63, 3.8) is 0 Å². The Bertz CT molecular complexity index is 390. The van der Waals surface area contributed by atoms with Crippen molar-refractivity contribution < 1.29 is 9.72 Å². The van der Waals surface area contributed by atoms with Crippen LogP contribution in [0.2, 0.25) is 0 Å². The van der Waals surface area contributed by atoms with Gasteiger partial charge in [0.1, 0.15) is 0 Å². The number of amides is 1. The van der Waals surface area contributed by atoms with Crippen LogP contribution in [0.15, 0.2) is 29.2 Å². The second-order valence-corrected chi connectivity index (χ2v) is 4.49. The fraction of sp³-hybridized carbons (Fsp3) is 0.300. The summed E-state index contributed by atoms with van der Waals surface area (Å²) in [6.07, 6.45) is 0. The lowest BCUT2D eigenvalue weighted by Gasteiger charge is -2.06. The number of hydrogen-bond acceptors (Lipinski definition) is 4. The molecule has 5 nitrogen and oxygen atoms in total. The molecule has 1 rings (SSSR count). The van der Waals surface area contributed by atoms with E-state index in [0.29, 0.717) is 4.90 Å². The average molecular weight is 240 g/mol. The number of benzene rings is 1. The highest BCUT2D eigenvalue weighted by Gasteiger charge is 2.08. The molecule has 0 saturated carbocycles. The maximum absolute atomic E-state index is 11.4. The molecule has 6 heteroatoms. The van der Waals surface area contributed by atoms with Gasteiger partial charge in [-0.2, -0.15) is 0 Å². The molecule has 0 heterocycles. The molecule has 1 N–H and O–H groups in total. The molecular formula is C10H12N2O3S. The molecule has 1 aromatic rings. The largest absolute Gasteiger partial charge is 0.345 e. The Balaban J connectivity index is 2.62. The molecule has 0 aromatic heterocycles. The summed E-state index contributed by atoms with van der Waals surface area (Å²) in [7, 11) is 0. The summed E-state index contributed by atoms with van der Waals surface area (Å²) in [4.78, 5) is 22.0. The number of carbonyl (C=O) groups excluding carboxylic acids is 1. The van der Waals surface area contributed by atoms with E-state index in [9.17, 15) is 14.9 Å². The quantitative estimate of drug-likeness (QED) is 0.501. The first-order valence-electron chi connectivity index (χ1n) is 4.72. The van der Waals surface area contributed by atoms with Crippen molar-refractivity contribution in [2.24, 2.45) is 0 Å². The lowest BCUT2D eigenvalue weighted by molar-refractivity contribution is -0.384. The first-order valence-corrected chi connectivity index (χ1v) is 5.53. The Morgan fingerprint density at radius 1 is 1.38 bits per heavy atom. The average Bonchev–Trinajstić information content (AvgIpc) is 2.16. The first kappa shape index (κ1) is 12.5. The van der Waals surface area contributed by atoms with Gasteiger partial charge in [-0.15, -0.1) is 0 Å². The van der Waals surface area contributed by atoms with Crippen molar-refractivity contribution in [3.8, 4) is 0 Å². The summed E-state index contributed by atoms with van der Waals surface area (Å²) in [6, 6.07) is 5.96. The lowest BCUT2D eigenvalue weighted by Crippen LogP contribution is -2.26. The third kappa shape index (κ3) is 3.90. The van der Waals surface area contributed by atoms with Crippen molar-refractivity contribution in [1.29, 1.82) is 0 Å². The zero-order valence-corrected chi connectivity index (χ0v) is 9.78. The molecule has 0 aliphatic rings. The van der Waals surface area contributed by atoms with E-state index in [1.165, 1.54) is 12.1 Å². The van der Waals surface area contributed by atoms with Crippen LogP contribution in [-0.4, -0.2) is 16.2 Å². The number of rotatable bonds is 3. The fourth-order valence-electron chi connectivity index (χ4n) is 1.01. The van der Waals surface area contributed by atoms with Gasteiger partial charge in [0, 0.05) is 23.1 Å². The highest BCUT2D eigenvalue weighted by Crippen LogP contribution is 2.21. The summed E-state index contributed by atoms with van der Waals surface area (Å²) in [5.74, 6) is 0. The van der Waals surface area contributed by atoms with Gasteiger partial charge in [-0.25, -0.2) is 0 Å². The van der Waals surface area contributed by atoms with Crippen LogP contribution in [0, 0.1) is 10.1 Å². The summed E-state index contributed by atoms with van der Waals surface area (Å²) >= 11 is 1.02. The number of nitrogens with one attached hydrogen (secondary N) is 1. The molecule has 0 saturated heterocycles. The number of nitro benzene ring substituents is 1. The molecule has 0 bridgehead atoms. The third-order valence-corrected chi connectivity index (χ3v) is 2.48. The maximum Gasteiger partial charge on any atom is 0.284 e. The standard InChI is InChI=1S/C10H12N2O3S/c1-7(2)11-10(13)16-9-5-3-8(4-6-9)12(14)15/h3-7H,1-2H3,(H,11,13). The first-order chi connectivity index (χ1) is 7.49. The van der Waals surface area contributed by atoms with Crippen LogP contribution in [0.3, 0.4) is 0 Å². The van der Waals surface area contributed by atoms with Gasteiger partial charge in [0.15, 0.2) is 0 Å². The van der Waals surface area contributed by atoms with Gasteiger partial charge < -0.3 is 5.32 Å². The van der Waals surface area contributed by atoms with E-state index in [1.54, 1.807) is 12.1 Å². The normalized spacial score (nSPS) is 10.2. The zero-order chi connectivity index (χ0) is 12.1. The number of hydrogen-bond donors (Lipinski definition) is 1. The van der Waals surface area contributed by atoms with E-state index >= 15 is 0 Å². The van der Waals surface area contributed by atoms with Crippen LogP contribution in [0.25, 0.3) is 0 Å². The molecular weight excluding hydrogens is 228 g/mol. The summed E-state index contributed by atoms with van der Waals surface area (Å²) in [6.45, 7) is 3.74. The molecule has 0 fully saturated rings. The van der Waals surface area contributed by atoms with Gasteiger partial charge in [-0.05, 0) is 37.7 Å².